The Kier molecular flexibility index (Phi) is 9.62. The van der Waals surface area contributed by atoms with E-state index in [1.54, 1.807) is 0 Å². The Hall–Kier alpha value is -2.37. The maximum absolute atomic E-state index is 10.7. The minimum absolute atomic E-state index is 0.0231. The lowest BCUT2D eigenvalue weighted by Crippen LogP contribution is -2.30. The average molecular weight is 394 g/mol. The van der Waals surface area contributed by atoms with Crippen molar-refractivity contribution in [2.75, 3.05) is 0 Å². The molecule has 1 atom stereocenters. The molecule has 12 nitrogen and oxygen atoms in total. The summed E-state index contributed by atoms with van der Waals surface area (Å²) in [4.78, 5) is 51.3. The van der Waals surface area contributed by atoms with Crippen molar-refractivity contribution in [3.63, 3.8) is 0 Å². The molecule has 0 bridgehead atoms. The molecule has 7 N–H and O–H groups in total. The topological polar surface area (TPSA) is 218 Å². The van der Waals surface area contributed by atoms with E-state index in [0.29, 0.717) is 6.29 Å². The van der Waals surface area contributed by atoms with Gasteiger partial charge in [-0.05, 0) is 13.3 Å². The summed E-state index contributed by atoms with van der Waals surface area (Å²) in [6, 6.07) is -1.06. The van der Waals surface area contributed by atoms with Crippen LogP contribution in [0.5, 0.6) is 5.75 Å². The number of phosphoric ester groups is 1. The zero-order valence-electron chi connectivity index (χ0n) is 13.6. The summed E-state index contributed by atoms with van der Waals surface area (Å²) in [7, 11) is -4.61. The quantitative estimate of drug-likeness (QED) is 0.249. The predicted molar refractivity (Wildman–Crippen MR) is 85.3 cm³/mol. The molecule has 0 radical (unpaired) electrons. The van der Waals surface area contributed by atoms with Crippen LogP contribution in [-0.2, 0) is 25.3 Å². The van der Waals surface area contributed by atoms with Crippen LogP contribution >= 0.6 is 7.82 Å². The maximum Gasteiger partial charge on any atom is 0.469 e. The average Bonchev–Trinajstić information content (AvgIpc) is 2.53. The van der Waals surface area contributed by atoms with Gasteiger partial charge in [0.2, 0.25) is 0 Å². The number of carboxylic acid groups (broad SMARTS) is 2. The van der Waals surface area contributed by atoms with Crippen LogP contribution in [0.2, 0.25) is 0 Å². The Morgan fingerprint density at radius 3 is 2.38 bits per heavy atom. The van der Waals surface area contributed by atoms with E-state index in [1.807, 2.05) is 0 Å². The van der Waals surface area contributed by atoms with Crippen LogP contribution in [-0.4, -0.2) is 54.4 Å². The highest BCUT2D eigenvalue weighted by Gasteiger charge is 2.17. The fraction of sp³-hybridized carbons (Fsp3) is 0.385. The number of phosphoric acid groups is 1. The van der Waals surface area contributed by atoms with E-state index in [0.717, 1.165) is 0 Å². The van der Waals surface area contributed by atoms with Crippen LogP contribution in [0.4, 0.5) is 0 Å². The molecule has 1 aromatic rings. The predicted octanol–water partition coefficient (Wildman–Crippen LogP) is -0.219. The zero-order chi connectivity index (χ0) is 20.5. The van der Waals surface area contributed by atoms with Crippen molar-refractivity contribution in [2.45, 2.75) is 32.4 Å². The van der Waals surface area contributed by atoms with Crippen LogP contribution in [0, 0.1) is 6.92 Å². The van der Waals surface area contributed by atoms with Crippen molar-refractivity contribution in [1.82, 2.24) is 4.98 Å². The van der Waals surface area contributed by atoms with Gasteiger partial charge in [-0.15, -0.1) is 0 Å². The lowest BCUT2D eigenvalue weighted by molar-refractivity contribution is -0.139. The van der Waals surface area contributed by atoms with Crippen LogP contribution < -0.4 is 5.73 Å². The summed E-state index contributed by atoms with van der Waals surface area (Å²) in [5.41, 5.74) is 5.28. The molecule has 146 valence electrons. The summed E-state index contributed by atoms with van der Waals surface area (Å²) >= 11 is 0. The molecule has 0 saturated carbocycles. The third-order valence-corrected chi connectivity index (χ3v) is 3.32. The van der Waals surface area contributed by atoms with Gasteiger partial charge < -0.3 is 30.8 Å². The number of carbonyl (C=O) groups excluding carboxylic acids is 1. The van der Waals surface area contributed by atoms with Crippen molar-refractivity contribution in [1.29, 1.82) is 0 Å². The number of aromatic nitrogens is 1. The monoisotopic (exact) mass is 394 g/mol. The van der Waals surface area contributed by atoms with Crippen LogP contribution in [0.1, 0.15) is 34.5 Å². The molecule has 0 amide bonds. The zero-order valence-corrected chi connectivity index (χ0v) is 14.5. The van der Waals surface area contributed by atoms with Gasteiger partial charge in [-0.1, -0.05) is 0 Å². The number of carboxylic acids is 2. The number of hydrogen-bond donors (Lipinski definition) is 6. The largest absolute Gasteiger partial charge is 0.505 e. The SMILES string of the molecule is Cc1ncc(COP(=O)(O)O)c(C=O)c1O.N[C@@H](CCC(=O)O)C(=O)O. The highest BCUT2D eigenvalue weighted by Crippen LogP contribution is 2.37. The first-order chi connectivity index (χ1) is 11.9. The van der Waals surface area contributed by atoms with E-state index in [2.05, 4.69) is 9.51 Å². The third kappa shape index (κ3) is 9.20. The van der Waals surface area contributed by atoms with Crippen molar-refractivity contribution in [3.8, 4) is 5.75 Å². The molecule has 1 heterocycles. The number of aromatic hydroxyl groups is 1. The number of aliphatic carboxylic acids is 2. The van der Waals surface area contributed by atoms with E-state index in [9.17, 15) is 24.1 Å². The number of aryl methyl sites for hydroxylation is 1. The van der Waals surface area contributed by atoms with Crippen molar-refractivity contribution >= 4 is 26.0 Å². The standard InChI is InChI=1S/C8H10NO6P.C5H9NO4/c1-5-8(11)7(3-10)6(2-9-5)4-15-16(12,13)14;6-3(5(9)10)1-2-4(7)8/h2-3,11H,4H2,1H3,(H2,12,13,14);3H,1-2,6H2,(H,7,8)(H,9,10)/t;3-/m.0/s1. The first-order valence-corrected chi connectivity index (χ1v) is 8.45. The van der Waals surface area contributed by atoms with Crippen molar-refractivity contribution in [2.24, 2.45) is 5.73 Å². The number of hydrogen-bond acceptors (Lipinski definition) is 8. The second-order valence-corrected chi connectivity index (χ2v) is 6.13. The molecule has 0 aromatic carbocycles. The minimum Gasteiger partial charge on any atom is -0.505 e. The van der Waals surface area contributed by atoms with Gasteiger partial charge in [0.05, 0.1) is 17.9 Å². The van der Waals surface area contributed by atoms with Gasteiger partial charge in [0.1, 0.15) is 11.8 Å². The van der Waals surface area contributed by atoms with Crippen LogP contribution in [0.15, 0.2) is 6.20 Å². The summed E-state index contributed by atoms with van der Waals surface area (Å²) in [6.45, 7) is 0.995. The van der Waals surface area contributed by atoms with Gasteiger partial charge in [0.15, 0.2) is 6.29 Å². The Balaban J connectivity index is 0.000000541. The highest BCUT2D eigenvalue weighted by atomic mass is 31.2. The first-order valence-electron chi connectivity index (χ1n) is 6.92. The highest BCUT2D eigenvalue weighted by molar-refractivity contribution is 7.46. The first kappa shape index (κ1) is 23.6. The fourth-order valence-corrected chi connectivity index (χ4v) is 1.76. The minimum atomic E-state index is -4.61. The Morgan fingerprint density at radius 2 is 1.96 bits per heavy atom. The molecule has 1 aromatic heterocycles. The van der Waals surface area contributed by atoms with E-state index in [1.165, 1.54) is 13.1 Å². The number of nitrogens with zero attached hydrogens (tertiary/aromatic N) is 1. The normalized spacial score (nSPS) is 11.8. The van der Waals surface area contributed by atoms with E-state index in [4.69, 9.17) is 25.7 Å². The smallest absolute Gasteiger partial charge is 0.469 e. The molecule has 26 heavy (non-hydrogen) atoms. The van der Waals surface area contributed by atoms with Gasteiger partial charge in [-0.25, -0.2) is 4.57 Å². The molecular weight excluding hydrogens is 375 g/mol. The maximum atomic E-state index is 10.7. The summed E-state index contributed by atoms with van der Waals surface area (Å²) in [6.07, 6.45) is 1.37. The molecular formula is C13H19N2O10P. The van der Waals surface area contributed by atoms with E-state index >= 15 is 0 Å². The summed E-state index contributed by atoms with van der Waals surface area (Å²) in [5.74, 6) is -2.51. The Morgan fingerprint density at radius 1 is 1.38 bits per heavy atom. The van der Waals surface area contributed by atoms with Gasteiger partial charge in [-0.2, -0.15) is 0 Å². The second kappa shape index (κ2) is 10.6. The lowest BCUT2D eigenvalue weighted by atomic mass is 10.1. The number of pyridine rings is 1. The molecule has 0 fully saturated rings. The number of carbonyl (C=O) groups is 3. The molecule has 1 rings (SSSR count). The Bertz CT molecular complexity index is 702. The van der Waals surface area contributed by atoms with Gasteiger partial charge in [0.25, 0.3) is 0 Å². The molecule has 13 heteroatoms. The molecule has 0 unspecified atom stereocenters. The van der Waals surface area contributed by atoms with E-state index in [-0.39, 0.29) is 35.4 Å². The number of rotatable bonds is 8. The second-order valence-electron chi connectivity index (χ2n) is 4.89. The lowest BCUT2D eigenvalue weighted by Gasteiger charge is -2.09. The summed E-state index contributed by atoms with van der Waals surface area (Å²) in [5, 5.41) is 25.7. The number of nitrogens with two attached hydrogens (primary N) is 1. The Labute approximate surface area is 147 Å². The molecule has 0 aliphatic carbocycles. The van der Waals surface area contributed by atoms with Gasteiger partial charge in [-0.3, -0.25) is 23.9 Å². The number of aldehydes is 1. The van der Waals surface area contributed by atoms with Crippen molar-refractivity contribution in [3.05, 3.63) is 23.0 Å². The summed E-state index contributed by atoms with van der Waals surface area (Å²) < 4.78 is 14.7. The van der Waals surface area contributed by atoms with Crippen LogP contribution in [0.3, 0.4) is 0 Å². The van der Waals surface area contributed by atoms with Crippen LogP contribution in [0.25, 0.3) is 0 Å². The molecule has 0 saturated heterocycles. The molecule has 0 aliphatic heterocycles. The van der Waals surface area contributed by atoms with E-state index < -0.39 is 32.4 Å². The van der Waals surface area contributed by atoms with Gasteiger partial charge >= 0.3 is 19.8 Å². The van der Waals surface area contributed by atoms with Gasteiger partial charge in [0, 0.05) is 18.2 Å². The molecule has 0 spiro atoms. The molecule has 0 aliphatic rings. The third-order valence-electron chi connectivity index (χ3n) is 2.85. The van der Waals surface area contributed by atoms with Crippen molar-refractivity contribution < 1.29 is 48.6 Å². The fourth-order valence-electron chi connectivity index (χ4n) is 1.46.